The third-order valence-electron chi connectivity index (χ3n) is 4.89. The molecular weight excluding hydrogens is 354 g/mol. The molecule has 1 amide bonds. The minimum atomic E-state index is -0.233. The predicted molar refractivity (Wildman–Crippen MR) is 107 cm³/mol. The van der Waals surface area contributed by atoms with E-state index in [1.54, 1.807) is 25.5 Å². The molecule has 1 fully saturated rings. The molecule has 7 nitrogen and oxygen atoms in total. The van der Waals surface area contributed by atoms with Gasteiger partial charge in [0.15, 0.2) is 0 Å². The first-order valence-corrected chi connectivity index (χ1v) is 9.21. The molecule has 1 aliphatic heterocycles. The number of benzene rings is 1. The first-order valence-electron chi connectivity index (χ1n) is 9.21. The summed E-state index contributed by atoms with van der Waals surface area (Å²) in [5.41, 5.74) is 2.09. The maximum absolute atomic E-state index is 12.4. The molecule has 0 saturated carbocycles. The Balaban J connectivity index is 1.43. The van der Waals surface area contributed by atoms with Gasteiger partial charge in [0.2, 0.25) is 5.95 Å². The molecule has 1 N–H and O–H groups in total. The van der Waals surface area contributed by atoms with Crippen molar-refractivity contribution in [3.63, 3.8) is 0 Å². The molecule has 4 rings (SSSR count). The van der Waals surface area contributed by atoms with E-state index in [0.717, 1.165) is 24.2 Å². The van der Waals surface area contributed by atoms with Crippen molar-refractivity contribution in [1.82, 2.24) is 19.9 Å². The number of rotatable bonds is 4. The minimum Gasteiger partial charge on any atom is -0.347 e. The summed E-state index contributed by atoms with van der Waals surface area (Å²) in [4.78, 5) is 35.3. The van der Waals surface area contributed by atoms with Gasteiger partial charge in [-0.25, -0.2) is 9.97 Å². The van der Waals surface area contributed by atoms with Crippen LogP contribution < -0.4 is 15.8 Å². The molecule has 28 heavy (non-hydrogen) atoms. The van der Waals surface area contributed by atoms with Crippen molar-refractivity contribution in [1.29, 1.82) is 0 Å². The van der Waals surface area contributed by atoms with Crippen LogP contribution in [0.15, 0.2) is 65.7 Å². The molecule has 3 heterocycles. The van der Waals surface area contributed by atoms with E-state index in [0.29, 0.717) is 18.1 Å². The number of nitrogens with one attached hydrogen (secondary N) is 1. The van der Waals surface area contributed by atoms with E-state index >= 15 is 0 Å². The Bertz CT molecular complexity index is 1050. The van der Waals surface area contributed by atoms with Gasteiger partial charge in [-0.1, -0.05) is 30.3 Å². The lowest BCUT2D eigenvalue weighted by Crippen LogP contribution is -2.38. The van der Waals surface area contributed by atoms with Crippen LogP contribution >= 0.6 is 0 Å². The van der Waals surface area contributed by atoms with Gasteiger partial charge in [0, 0.05) is 55.8 Å². The van der Waals surface area contributed by atoms with Crippen molar-refractivity contribution >= 4 is 11.9 Å². The second-order valence-electron chi connectivity index (χ2n) is 6.88. The number of hydrogen-bond acceptors (Lipinski definition) is 5. The molecule has 3 aromatic rings. The van der Waals surface area contributed by atoms with Crippen molar-refractivity contribution in [3.8, 4) is 11.3 Å². The topological polar surface area (TPSA) is 80.1 Å². The van der Waals surface area contributed by atoms with Gasteiger partial charge in [-0.2, -0.15) is 0 Å². The zero-order valence-corrected chi connectivity index (χ0v) is 15.6. The summed E-state index contributed by atoms with van der Waals surface area (Å²) in [6.45, 7) is 1.40. The third kappa shape index (κ3) is 3.78. The summed E-state index contributed by atoms with van der Waals surface area (Å²) in [7, 11) is 1.66. The summed E-state index contributed by atoms with van der Waals surface area (Å²) in [6, 6.07) is 14.9. The summed E-state index contributed by atoms with van der Waals surface area (Å²) < 4.78 is 1.44. The smallest absolute Gasteiger partial charge is 0.251 e. The lowest BCUT2D eigenvalue weighted by molar-refractivity contribution is 0.0940. The first kappa shape index (κ1) is 17.9. The van der Waals surface area contributed by atoms with Crippen LogP contribution in [0.4, 0.5) is 5.95 Å². The highest BCUT2D eigenvalue weighted by molar-refractivity contribution is 5.94. The number of pyridine rings is 1. The zero-order chi connectivity index (χ0) is 19.5. The normalized spacial score (nSPS) is 16.2. The quantitative estimate of drug-likeness (QED) is 0.753. The number of anilines is 1. The summed E-state index contributed by atoms with van der Waals surface area (Å²) in [5, 5.41) is 3.00. The van der Waals surface area contributed by atoms with E-state index < -0.39 is 0 Å². The van der Waals surface area contributed by atoms with Crippen LogP contribution in [-0.4, -0.2) is 39.6 Å². The molecule has 1 saturated heterocycles. The van der Waals surface area contributed by atoms with Gasteiger partial charge in [-0.3, -0.25) is 9.59 Å². The molecule has 7 heteroatoms. The van der Waals surface area contributed by atoms with E-state index in [4.69, 9.17) is 0 Å². The molecule has 2 aromatic heterocycles. The molecule has 1 atom stereocenters. The van der Waals surface area contributed by atoms with Gasteiger partial charge in [-0.05, 0) is 18.6 Å². The fourth-order valence-corrected chi connectivity index (χ4v) is 3.29. The van der Waals surface area contributed by atoms with Crippen LogP contribution in [0.5, 0.6) is 0 Å². The Morgan fingerprint density at radius 3 is 2.79 bits per heavy atom. The van der Waals surface area contributed by atoms with Crippen LogP contribution in [0.25, 0.3) is 11.3 Å². The average molecular weight is 375 g/mol. The summed E-state index contributed by atoms with van der Waals surface area (Å²) in [5.74, 6) is 0.426. The van der Waals surface area contributed by atoms with Crippen LogP contribution in [0.3, 0.4) is 0 Å². The van der Waals surface area contributed by atoms with E-state index in [9.17, 15) is 9.59 Å². The molecule has 1 aromatic carbocycles. The number of nitrogens with zero attached hydrogens (tertiary/aromatic N) is 4. The lowest BCUT2D eigenvalue weighted by atomic mass is 10.1. The standard InChI is InChI=1S/C21H21N5O2/c1-25-11-8-16(13-19(25)27)20(28)23-17-9-12-26(14-17)21-22-10-7-18(24-21)15-5-3-2-4-6-15/h2-8,10-11,13,17H,9,12,14H2,1H3,(H,23,28). The summed E-state index contributed by atoms with van der Waals surface area (Å²) >= 11 is 0. The highest BCUT2D eigenvalue weighted by atomic mass is 16.2. The zero-order valence-electron chi connectivity index (χ0n) is 15.6. The van der Waals surface area contributed by atoms with E-state index in [-0.39, 0.29) is 17.5 Å². The van der Waals surface area contributed by atoms with Crippen LogP contribution in [0.2, 0.25) is 0 Å². The molecule has 0 radical (unpaired) electrons. The molecule has 0 bridgehead atoms. The highest BCUT2D eigenvalue weighted by Crippen LogP contribution is 2.21. The van der Waals surface area contributed by atoms with Crippen molar-refractivity contribution in [2.75, 3.05) is 18.0 Å². The first-order chi connectivity index (χ1) is 13.6. The highest BCUT2D eigenvalue weighted by Gasteiger charge is 2.26. The molecule has 0 aliphatic carbocycles. The lowest BCUT2D eigenvalue weighted by Gasteiger charge is -2.17. The monoisotopic (exact) mass is 375 g/mol. The average Bonchev–Trinajstić information content (AvgIpc) is 3.19. The molecule has 1 unspecified atom stereocenters. The van der Waals surface area contributed by atoms with Crippen molar-refractivity contribution in [3.05, 3.63) is 76.8 Å². The van der Waals surface area contributed by atoms with Gasteiger partial charge >= 0.3 is 0 Å². The van der Waals surface area contributed by atoms with Gasteiger partial charge in [0.1, 0.15) is 0 Å². The molecule has 0 spiro atoms. The van der Waals surface area contributed by atoms with Gasteiger partial charge in [-0.15, -0.1) is 0 Å². The SMILES string of the molecule is Cn1ccc(C(=O)NC2CCN(c3nccc(-c4ccccc4)n3)C2)cc1=O. The molecule has 142 valence electrons. The second-order valence-corrected chi connectivity index (χ2v) is 6.88. The summed E-state index contributed by atoms with van der Waals surface area (Å²) in [6.07, 6.45) is 4.16. The maximum atomic E-state index is 12.4. The van der Waals surface area contributed by atoms with Crippen LogP contribution in [-0.2, 0) is 7.05 Å². The van der Waals surface area contributed by atoms with E-state index in [1.165, 1.54) is 10.6 Å². The fraction of sp³-hybridized carbons (Fsp3) is 0.238. The van der Waals surface area contributed by atoms with E-state index in [2.05, 4.69) is 20.2 Å². The van der Waals surface area contributed by atoms with Crippen LogP contribution in [0, 0.1) is 0 Å². The third-order valence-corrected chi connectivity index (χ3v) is 4.89. The Morgan fingerprint density at radius 1 is 1.18 bits per heavy atom. The van der Waals surface area contributed by atoms with Gasteiger partial charge in [0.05, 0.1) is 5.69 Å². The number of aromatic nitrogens is 3. The van der Waals surface area contributed by atoms with Crippen LogP contribution in [0.1, 0.15) is 16.8 Å². The minimum absolute atomic E-state index is 0.0134. The van der Waals surface area contributed by atoms with Crippen molar-refractivity contribution in [2.24, 2.45) is 7.05 Å². The maximum Gasteiger partial charge on any atom is 0.251 e. The Kier molecular flexibility index (Phi) is 4.89. The number of aryl methyl sites for hydroxylation is 1. The van der Waals surface area contributed by atoms with Crippen molar-refractivity contribution in [2.45, 2.75) is 12.5 Å². The fourth-order valence-electron chi connectivity index (χ4n) is 3.29. The van der Waals surface area contributed by atoms with Gasteiger partial charge < -0.3 is 14.8 Å². The van der Waals surface area contributed by atoms with Crippen molar-refractivity contribution < 1.29 is 4.79 Å². The Hall–Kier alpha value is -3.48. The largest absolute Gasteiger partial charge is 0.347 e. The molecule has 1 aliphatic rings. The van der Waals surface area contributed by atoms with Gasteiger partial charge in [0.25, 0.3) is 11.5 Å². The van der Waals surface area contributed by atoms with E-state index in [1.807, 2.05) is 36.4 Å². The Morgan fingerprint density at radius 2 is 2.00 bits per heavy atom. The number of carbonyl (C=O) groups excluding carboxylic acids is 1. The number of carbonyl (C=O) groups is 1. The Labute approximate surface area is 162 Å². The predicted octanol–water partition coefficient (Wildman–Crippen LogP) is 1.85. The second kappa shape index (κ2) is 7.64. The number of amides is 1. The number of hydrogen-bond donors (Lipinski definition) is 1. The molecular formula is C21H21N5O2.